The summed E-state index contributed by atoms with van der Waals surface area (Å²) in [6.07, 6.45) is 2.59. The number of hydrogen-bond donors (Lipinski definition) is 2. The zero-order chi connectivity index (χ0) is 21.1. The number of anilines is 1. The van der Waals surface area contributed by atoms with E-state index < -0.39 is 6.23 Å². The van der Waals surface area contributed by atoms with Gasteiger partial charge in [-0.25, -0.2) is 4.99 Å². The Hall–Kier alpha value is -3.77. The third-order valence-electron chi connectivity index (χ3n) is 4.95. The van der Waals surface area contributed by atoms with Crippen LogP contribution < -0.4 is 14.4 Å². The molecule has 3 aromatic rings. The molecule has 0 saturated carbocycles. The van der Waals surface area contributed by atoms with E-state index in [9.17, 15) is 10.2 Å². The molecule has 0 radical (unpaired) electrons. The van der Waals surface area contributed by atoms with E-state index in [0.29, 0.717) is 22.8 Å². The van der Waals surface area contributed by atoms with E-state index in [1.54, 1.807) is 42.4 Å². The third kappa shape index (κ3) is 3.60. The fourth-order valence-electron chi connectivity index (χ4n) is 3.39. The lowest BCUT2D eigenvalue weighted by molar-refractivity contribution is 0.187. The van der Waals surface area contributed by atoms with Gasteiger partial charge in [0.15, 0.2) is 17.7 Å². The maximum atomic E-state index is 11.1. The average molecular weight is 402 g/mol. The van der Waals surface area contributed by atoms with Gasteiger partial charge in [-0.2, -0.15) is 0 Å². The van der Waals surface area contributed by atoms with Gasteiger partial charge in [0.05, 0.1) is 19.9 Å². The molecule has 2 N–H and O–H groups in total. The Bertz CT molecular complexity index is 1110. The Morgan fingerprint density at radius 2 is 1.67 bits per heavy atom. The van der Waals surface area contributed by atoms with E-state index >= 15 is 0 Å². The molecule has 30 heavy (non-hydrogen) atoms. The second-order valence-corrected chi connectivity index (χ2v) is 6.70. The number of para-hydroxylation sites is 2. The largest absolute Gasteiger partial charge is 0.504 e. The number of aromatic hydroxyl groups is 1. The van der Waals surface area contributed by atoms with Gasteiger partial charge in [0.1, 0.15) is 11.6 Å². The van der Waals surface area contributed by atoms with E-state index in [1.165, 1.54) is 7.11 Å². The number of phenolic OH excluding ortho intramolecular Hbond substituents is 1. The smallest absolute Gasteiger partial charge is 0.165 e. The van der Waals surface area contributed by atoms with E-state index in [-0.39, 0.29) is 5.75 Å². The van der Waals surface area contributed by atoms with E-state index in [0.717, 1.165) is 17.0 Å². The molecule has 0 aromatic heterocycles. The highest BCUT2D eigenvalue weighted by Gasteiger charge is 2.28. The van der Waals surface area contributed by atoms with Crippen LogP contribution in [-0.2, 0) is 0 Å². The summed E-state index contributed by atoms with van der Waals surface area (Å²) in [7, 11) is 3.11. The Kier molecular flexibility index (Phi) is 5.41. The molecular weight excluding hydrogens is 380 g/mol. The highest BCUT2D eigenvalue weighted by Crippen LogP contribution is 2.37. The van der Waals surface area contributed by atoms with Crippen LogP contribution in [0.3, 0.4) is 0 Å². The number of phenols is 1. The first-order valence-electron chi connectivity index (χ1n) is 9.45. The van der Waals surface area contributed by atoms with Crippen molar-refractivity contribution in [2.24, 2.45) is 4.99 Å². The summed E-state index contributed by atoms with van der Waals surface area (Å²) in [4.78, 5) is 6.47. The lowest BCUT2D eigenvalue weighted by atomic mass is 10.1. The van der Waals surface area contributed by atoms with Gasteiger partial charge >= 0.3 is 0 Å². The third-order valence-corrected chi connectivity index (χ3v) is 4.95. The fraction of sp³-hybridized carbons (Fsp3) is 0.125. The summed E-state index contributed by atoms with van der Waals surface area (Å²) in [5.41, 5.74) is 2.76. The number of hydrogen-bond acceptors (Lipinski definition) is 6. The van der Waals surface area contributed by atoms with Crippen molar-refractivity contribution in [3.8, 4) is 17.2 Å². The lowest BCUT2D eigenvalue weighted by Crippen LogP contribution is -2.36. The zero-order valence-corrected chi connectivity index (χ0v) is 16.7. The second kappa shape index (κ2) is 8.31. The topological polar surface area (TPSA) is 74.5 Å². The first kappa shape index (κ1) is 19.5. The Morgan fingerprint density at radius 1 is 0.900 bits per heavy atom. The highest BCUT2D eigenvalue weighted by atomic mass is 16.5. The number of ether oxygens (including phenoxy) is 2. The van der Waals surface area contributed by atoms with Gasteiger partial charge in [0, 0.05) is 16.8 Å². The number of methoxy groups -OCH3 is 2. The molecule has 1 atom stereocenters. The first-order chi connectivity index (χ1) is 14.6. The van der Waals surface area contributed by atoms with Gasteiger partial charge in [0.2, 0.25) is 0 Å². The first-order valence-corrected chi connectivity index (χ1v) is 9.45. The molecule has 1 unspecified atom stereocenters. The fourth-order valence-corrected chi connectivity index (χ4v) is 3.39. The summed E-state index contributed by atoms with van der Waals surface area (Å²) in [6.45, 7) is 0. The second-order valence-electron chi connectivity index (χ2n) is 6.70. The summed E-state index contributed by atoms with van der Waals surface area (Å²) < 4.78 is 10.4. The van der Waals surface area contributed by atoms with Crippen LogP contribution in [0.4, 0.5) is 11.4 Å². The van der Waals surface area contributed by atoms with Gasteiger partial charge < -0.3 is 19.7 Å². The molecule has 6 heteroatoms. The molecule has 0 saturated heterocycles. The van der Waals surface area contributed by atoms with Gasteiger partial charge in [-0.05, 0) is 48.6 Å². The van der Waals surface area contributed by atoms with Crippen molar-refractivity contribution >= 4 is 23.3 Å². The van der Waals surface area contributed by atoms with Crippen molar-refractivity contribution in [1.82, 2.24) is 0 Å². The number of rotatable bonds is 5. The minimum Gasteiger partial charge on any atom is -0.504 e. The van der Waals surface area contributed by atoms with Crippen molar-refractivity contribution in [2.75, 3.05) is 19.1 Å². The van der Waals surface area contributed by atoms with Gasteiger partial charge in [-0.15, -0.1) is 0 Å². The standard InChI is InChI=1S/C24H22N2O4/c1-29-18-13-11-17(12-14-18)26-22(25-20-8-4-3-7-19(20)24(26)28)15-10-16-6-5-9-21(30-2)23(16)27/h3-15,24,27-28H,1-2H3/b15-10+. The molecule has 0 bridgehead atoms. The minimum atomic E-state index is -0.911. The van der Waals surface area contributed by atoms with E-state index in [2.05, 4.69) is 0 Å². The Balaban J connectivity index is 1.78. The van der Waals surface area contributed by atoms with Crippen molar-refractivity contribution < 1.29 is 19.7 Å². The molecule has 1 aliphatic heterocycles. The minimum absolute atomic E-state index is 0.0459. The molecule has 0 fully saturated rings. The highest BCUT2D eigenvalue weighted by molar-refractivity contribution is 6.10. The molecular formula is C24H22N2O4. The van der Waals surface area contributed by atoms with Crippen LogP contribution in [0.2, 0.25) is 0 Å². The molecule has 0 amide bonds. The van der Waals surface area contributed by atoms with Crippen LogP contribution >= 0.6 is 0 Å². The van der Waals surface area contributed by atoms with Crippen LogP contribution in [0.5, 0.6) is 17.2 Å². The number of aliphatic hydroxyl groups excluding tert-OH is 1. The maximum Gasteiger partial charge on any atom is 0.165 e. The number of nitrogens with zero attached hydrogens (tertiary/aromatic N) is 2. The average Bonchev–Trinajstić information content (AvgIpc) is 2.79. The van der Waals surface area contributed by atoms with Crippen molar-refractivity contribution in [3.63, 3.8) is 0 Å². The molecule has 6 nitrogen and oxygen atoms in total. The summed E-state index contributed by atoms with van der Waals surface area (Å²) >= 11 is 0. The normalized spacial score (nSPS) is 15.6. The van der Waals surface area contributed by atoms with Crippen molar-refractivity contribution in [3.05, 3.63) is 83.9 Å². The SMILES string of the molecule is COc1ccc(N2C(/C=C/c3cccc(OC)c3O)=Nc3ccccc3C2O)cc1. The van der Waals surface area contributed by atoms with E-state index in [4.69, 9.17) is 14.5 Å². The number of benzene rings is 3. The molecule has 4 rings (SSSR count). The molecule has 0 aliphatic carbocycles. The molecule has 1 heterocycles. The van der Waals surface area contributed by atoms with Crippen LogP contribution in [0.1, 0.15) is 17.4 Å². The summed E-state index contributed by atoms with van der Waals surface area (Å²) in [5, 5.41) is 21.5. The summed E-state index contributed by atoms with van der Waals surface area (Å²) in [5.74, 6) is 1.69. The molecule has 0 spiro atoms. The molecule has 152 valence electrons. The molecule has 3 aromatic carbocycles. The van der Waals surface area contributed by atoms with Crippen LogP contribution in [0, 0.1) is 0 Å². The van der Waals surface area contributed by atoms with Crippen LogP contribution in [0.25, 0.3) is 6.08 Å². The number of amidine groups is 1. The van der Waals surface area contributed by atoms with Crippen LogP contribution in [-0.4, -0.2) is 30.3 Å². The Morgan fingerprint density at radius 3 is 2.40 bits per heavy atom. The molecule has 1 aliphatic rings. The maximum absolute atomic E-state index is 11.1. The zero-order valence-electron chi connectivity index (χ0n) is 16.7. The van der Waals surface area contributed by atoms with Gasteiger partial charge in [-0.1, -0.05) is 30.3 Å². The number of aliphatic imine (C=N–C) groups is 1. The Labute approximate surface area is 175 Å². The monoisotopic (exact) mass is 402 g/mol. The van der Waals surface area contributed by atoms with Gasteiger partial charge in [0.25, 0.3) is 0 Å². The predicted octanol–water partition coefficient (Wildman–Crippen LogP) is 4.66. The van der Waals surface area contributed by atoms with Crippen LogP contribution in [0.15, 0.2) is 77.8 Å². The van der Waals surface area contributed by atoms with Crippen molar-refractivity contribution in [2.45, 2.75) is 6.23 Å². The lowest BCUT2D eigenvalue weighted by Gasteiger charge is -2.34. The quantitative estimate of drug-likeness (QED) is 0.649. The van der Waals surface area contributed by atoms with Gasteiger partial charge in [-0.3, -0.25) is 4.90 Å². The predicted molar refractivity (Wildman–Crippen MR) is 118 cm³/mol. The summed E-state index contributed by atoms with van der Waals surface area (Å²) in [6, 6.07) is 20.1. The van der Waals surface area contributed by atoms with Crippen molar-refractivity contribution in [1.29, 1.82) is 0 Å². The number of fused-ring (bicyclic) bond motifs is 1. The van der Waals surface area contributed by atoms with E-state index in [1.807, 2.05) is 48.5 Å². The number of aliphatic hydroxyl groups is 1.